The van der Waals surface area contributed by atoms with Crippen LogP contribution in [-0.2, 0) is 9.53 Å². The molecule has 0 amide bonds. The van der Waals surface area contributed by atoms with E-state index in [-0.39, 0.29) is 17.4 Å². The molecule has 0 N–H and O–H groups in total. The highest BCUT2D eigenvalue weighted by Crippen LogP contribution is 2.29. The smallest absolute Gasteiger partial charge is 0.363 e. The zero-order valence-corrected chi connectivity index (χ0v) is 11.1. The van der Waals surface area contributed by atoms with Gasteiger partial charge in [-0.25, -0.2) is 14.2 Å². The van der Waals surface area contributed by atoms with Crippen LogP contribution in [0.15, 0.2) is 35.0 Å². The number of nitrogens with zero attached hydrogens (tertiary/aromatic N) is 1. The van der Waals surface area contributed by atoms with E-state index in [9.17, 15) is 9.18 Å². The number of benzene rings is 1. The average molecular weight is 273 g/mol. The van der Waals surface area contributed by atoms with E-state index in [4.69, 9.17) is 4.74 Å². The Morgan fingerprint density at radius 3 is 2.80 bits per heavy atom. The maximum Gasteiger partial charge on any atom is 0.363 e. The van der Waals surface area contributed by atoms with Gasteiger partial charge < -0.3 is 4.74 Å². The van der Waals surface area contributed by atoms with Gasteiger partial charge in [0.2, 0.25) is 5.90 Å². The summed E-state index contributed by atoms with van der Waals surface area (Å²) in [5.41, 5.74) is 0.877. The van der Waals surface area contributed by atoms with Gasteiger partial charge in [-0.3, -0.25) is 0 Å². The zero-order chi connectivity index (χ0) is 13.9. The fraction of sp³-hybridized carbons (Fsp3) is 0.375. The Hall–Kier alpha value is -1.97. The predicted octanol–water partition coefficient (Wildman–Crippen LogP) is 3.70. The van der Waals surface area contributed by atoms with Gasteiger partial charge in [0.1, 0.15) is 5.82 Å². The van der Waals surface area contributed by atoms with E-state index in [1.54, 1.807) is 18.2 Å². The topological polar surface area (TPSA) is 38.7 Å². The van der Waals surface area contributed by atoms with Gasteiger partial charge >= 0.3 is 5.97 Å². The molecule has 0 radical (unpaired) electrons. The molecule has 1 aromatic carbocycles. The van der Waals surface area contributed by atoms with Gasteiger partial charge in [-0.2, -0.15) is 0 Å². The second kappa shape index (κ2) is 5.57. The molecule has 1 fully saturated rings. The summed E-state index contributed by atoms with van der Waals surface area (Å²) < 4.78 is 18.4. The lowest BCUT2D eigenvalue weighted by Crippen LogP contribution is -2.19. The maximum atomic E-state index is 13.1. The molecule has 1 saturated carbocycles. The molecule has 1 heterocycles. The number of hydrogen-bond acceptors (Lipinski definition) is 3. The largest absolute Gasteiger partial charge is 0.406 e. The number of cyclic esters (lactones) is 1. The maximum absolute atomic E-state index is 13.1. The molecular formula is C16H16FNO2. The van der Waals surface area contributed by atoms with Crippen LogP contribution in [0.1, 0.15) is 37.7 Å². The van der Waals surface area contributed by atoms with Gasteiger partial charge in [0.15, 0.2) is 5.70 Å². The SMILES string of the molecule is O=C1OC(C2CCCCC2)=N/C1=C\c1cccc(F)c1. The Morgan fingerprint density at radius 2 is 2.05 bits per heavy atom. The van der Waals surface area contributed by atoms with Crippen molar-refractivity contribution in [3.05, 3.63) is 41.3 Å². The van der Waals surface area contributed by atoms with Gasteiger partial charge in [-0.05, 0) is 36.6 Å². The molecule has 104 valence electrons. The normalized spacial score (nSPS) is 21.9. The van der Waals surface area contributed by atoms with Crippen molar-refractivity contribution in [1.29, 1.82) is 0 Å². The Kier molecular flexibility index (Phi) is 3.63. The third kappa shape index (κ3) is 2.79. The molecule has 0 atom stereocenters. The Labute approximate surface area is 117 Å². The molecule has 0 spiro atoms. The molecule has 1 aromatic rings. The summed E-state index contributed by atoms with van der Waals surface area (Å²) in [6, 6.07) is 6.07. The first-order valence-electron chi connectivity index (χ1n) is 7.00. The lowest BCUT2D eigenvalue weighted by atomic mass is 9.89. The highest BCUT2D eigenvalue weighted by molar-refractivity contribution is 6.07. The summed E-state index contributed by atoms with van der Waals surface area (Å²) in [6.07, 6.45) is 7.18. The van der Waals surface area contributed by atoms with Crippen LogP contribution in [0.4, 0.5) is 4.39 Å². The molecule has 20 heavy (non-hydrogen) atoms. The van der Waals surface area contributed by atoms with Crippen LogP contribution in [0.3, 0.4) is 0 Å². The minimum Gasteiger partial charge on any atom is -0.406 e. The first kappa shape index (κ1) is 13.0. The Morgan fingerprint density at radius 1 is 1.25 bits per heavy atom. The van der Waals surface area contributed by atoms with Gasteiger partial charge in [0.25, 0.3) is 0 Å². The number of hydrogen-bond donors (Lipinski definition) is 0. The van der Waals surface area contributed by atoms with Crippen LogP contribution in [0.25, 0.3) is 6.08 Å². The third-order valence-corrected chi connectivity index (χ3v) is 3.74. The predicted molar refractivity (Wildman–Crippen MR) is 74.5 cm³/mol. The average Bonchev–Trinajstić information content (AvgIpc) is 2.81. The first-order valence-corrected chi connectivity index (χ1v) is 7.00. The molecular weight excluding hydrogens is 257 g/mol. The number of halogens is 1. The molecule has 4 heteroatoms. The monoisotopic (exact) mass is 273 g/mol. The van der Waals surface area contributed by atoms with Crippen LogP contribution in [-0.4, -0.2) is 11.9 Å². The minimum atomic E-state index is -0.435. The number of esters is 1. The summed E-state index contributed by atoms with van der Waals surface area (Å²) >= 11 is 0. The van der Waals surface area contributed by atoms with Gasteiger partial charge in [-0.15, -0.1) is 0 Å². The summed E-state index contributed by atoms with van der Waals surface area (Å²) in [5.74, 6) is 0.0282. The van der Waals surface area contributed by atoms with Crippen LogP contribution < -0.4 is 0 Å². The number of aliphatic imine (C=N–C) groups is 1. The van der Waals surface area contributed by atoms with E-state index in [1.165, 1.54) is 18.6 Å². The number of carbonyl (C=O) groups excluding carboxylic acids is 1. The molecule has 0 bridgehead atoms. The molecule has 1 aliphatic heterocycles. The lowest BCUT2D eigenvalue weighted by Gasteiger charge is -2.19. The second-order valence-electron chi connectivity index (χ2n) is 5.26. The standard InChI is InChI=1S/C16H16FNO2/c17-13-8-4-5-11(9-13)10-14-16(19)20-15(18-14)12-6-2-1-3-7-12/h4-5,8-10,12H,1-3,6-7H2/b14-10-. The van der Waals surface area contributed by atoms with Gasteiger partial charge in [0.05, 0.1) is 0 Å². The van der Waals surface area contributed by atoms with Gasteiger partial charge in [0, 0.05) is 5.92 Å². The van der Waals surface area contributed by atoms with Crippen molar-refractivity contribution in [3.8, 4) is 0 Å². The number of rotatable bonds is 2. The van der Waals surface area contributed by atoms with Crippen LogP contribution in [0.2, 0.25) is 0 Å². The third-order valence-electron chi connectivity index (χ3n) is 3.74. The van der Waals surface area contributed by atoms with Crippen molar-refractivity contribution in [3.63, 3.8) is 0 Å². The second-order valence-corrected chi connectivity index (χ2v) is 5.26. The minimum absolute atomic E-state index is 0.256. The molecule has 1 aliphatic carbocycles. The van der Waals surface area contributed by atoms with Crippen LogP contribution in [0, 0.1) is 11.7 Å². The molecule has 0 aromatic heterocycles. The summed E-state index contributed by atoms with van der Waals surface area (Å²) in [7, 11) is 0. The highest BCUT2D eigenvalue weighted by atomic mass is 19.1. The van der Waals surface area contributed by atoms with Crippen molar-refractivity contribution >= 4 is 17.9 Å². The fourth-order valence-corrected chi connectivity index (χ4v) is 2.70. The Balaban J connectivity index is 1.82. The molecule has 3 nitrogen and oxygen atoms in total. The van der Waals surface area contributed by atoms with E-state index >= 15 is 0 Å². The van der Waals surface area contributed by atoms with Gasteiger partial charge in [-0.1, -0.05) is 31.4 Å². The number of ether oxygens (including phenoxy) is 1. The first-order chi connectivity index (χ1) is 9.72. The zero-order valence-electron chi connectivity index (χ0n) is 11.1. The summed E-state index contributed by atoms with van der Waals surface area (Å²) in [6.45, 7) is 0. The van der Waals surface area contributed by atoms with Crippen LogP contribution >= 0.6 is 0 Å². The fourth-order valence-electron chi connectivity index (χ4n) is 2.70. The summed E-state index contributed by atoms with van der Waals surface area (Å²) in [5, 5.41) is 0. The van der Waals surface area contributed by atoms with E-state index < -0.39 is 5.97 Å². The van der Waals surface area contributed by atoms with E-state index in [2.05, 4.69) is 4.99 Å². The van der Waals surface area contributed by atoms with Crippen molar-refractivity contribution < 1.29 is 13.9 Å². The summed E-state index contributed by atoms with van der Waals surface area (Å²) in [4.78, 5) is 16.1. The van der Waals surface area contributed by atoms with E-state index in [0.29, 0.717) is 11.5 Å². The molecule has 2 aliphatic rings. The van der Waals surface area contributed by atoms with Crippen molar-refractivity contribution in [2.75, 3.05) is 0 Å². The van der Waals surface area contributed by atoms with E-state index in [0.717, 1.165) is 25.7 Å². The van der Waals surface area contributed by atoms with Crippen molar-refractivity contribution in [1.82, 2.24) is 0 Å². The molecule has 0 saturated heterocycles. The number of carbonyl (C=O) groups is 1. The Bertz CT molecular complexity index is 586. The highest BCUT2D eigenvalue weighted by Gasteiger charge is 2.30. The lowest BCUT2D eigenvalue weighted by molar-refractivity contribution is -0.130. The van der Waals surface area contributed by atoms with E-state index in [1.807, 2.05) is 0 Å². The molecule has 0 unspecified atom stereocenters. The molecule has 3 rings (SSSR count). The quantitative estimate of drug-likeness (QED) is 0.608. The van der Waals surface area contributed by atoms with Crippen LogP contribution in [0.5, 0.6) is 0 Å². The van der Waals surface area contributed by atoms with Crippen molar-refractivity contribution in [2.45, 2.75) is 32.1 Å². The van der Waals surface area contributed by atoms with Crippen molar-refractivity contribution in [2.24, 2.45) is 10.9 Å².